The van der Waals surface area contributed by atoms with Gasteiger partial charge < -0.3 is 20.2 Å². The molecule has 0 saturated heterocycles. The maximum absolute atomic E-state index is 12.1. The average molecular weight is 274 g/mol. The van der Waals surface area contributed by atoms with Gasteiger partial charge in [-0.15, -0.1) is 0 Å². The number of hydrogen-bond acceptors (Lipinski definition) is 4. The molecule has 0 radical (unpaired) electrons. The molecule has 5 nitrogen and oxygen atoms in total. The third-order valence-electron chi connectivity index (χ3n) is 2.97. The van der Waals surface area contributed by atoms with E-state index in [-0.39, 0.29) is 11.9 Å². The predicted molar refractivity (Wildman–Crippen MR) is 76.7 cm³/mol. The van der Waals surface area contributed by atoms with Gasteiger partial charge in [-0.2, -0.15) is 0 Å². The van der Waals surface area contributed by atoms with Gasteiger partial charge in [0.15, 0.2) is 0 Å². The Balaban J connectivity index is 2.00. The zero-order chi connectivity index (χ0) is 14.5. The predicted octanol–water partition coefficient (Wildman–Crippen LogP) is 2.23. The average Bonchev–Trinajstić information content (AvgIpc) is 2.90. The summed E-state index contributed by atoms with van der Waals surface area (Å²) in [6.07, 6.45) is 2.25. The molecular formula is C15H18N2O3. The molecule has 0 saturated carbocycles. The summed E-state index contributed by atoms with van der Waals surface area (Å²) in [4.78, 5) is 12.1. The number of hydrogen-bond donors (Lipinski definition) is 2. The van der Waals surface area contributed by atoms with E-state index < -0.39 is 0 Å². The SMILES string of the molecule is COc1ccc(C(=O)NC(C)Cc2ccco2)c(N)c1. The lowest BCUT2D eigenvalue weighted by atomic mass is 10.1. The number of nitrogen functional groups attached to an aromatic ring is 1. The van der Waals surface area contributed by atoms with Crippen LogP contribution in [0.3, 0.4) is 0 Å². The number of amides is 1. The van der Waals surface area contributed by atoms with Crippen LogP contribution in [0.25, 0.3) is 0 Å². The maximum atomic E-state index is 12.1. The fourth-order valence-electron chi connectivity index (χ4n) is 1.96. The zero-order valence-corrected chi connectivity index (χ0v) is 11.6. The quantitative estimate of drug-likeness (QED) is 0.820. The lowest BCUT2D eigenvalue weighted by Gasteiger charge is -2.14. The summed E-state index contributed by atoms with van der Waals surface area (Å²) in [5.74, 6) is 1.26. The molecule has 2 rings (SSSR count). The molecule has 106 valence electrons. The zero-order valence-electron chi connectivity index (χ0n) is 11.6. The van der Waals surface area contributed by atoms with Gasteiger partial charge >= 0.3 is 0 Å². The van der Waals surface area contributed by atoms with E-state index in [1.54, 1.807) is 31.6 Å². The maximum Gasteiger partial charge on any atom is 0.253 e. The third-order valence-corrected chi connectivity index (χ3v) is 2.97. The van der Waals surface area contributed by atoms with Gasteiger partial charge in [-0.1, -0.05) is 0 Å². The number of benzene rings is 1. The highest BCUT2D eigenvalue weighted by molar-refractivity contribution is 5.99. The Morgan fingerprint density at radius 3 is 2.85 bits per heavy atom. The van der Waals surface area contributed by atoms with Crippen molar-refractivity contribution in [2.45, 2.75) is 19.4 Å². The van der Waals surface area contributed by atoms with Crippen LogP contribution in [-0.4, -0.2) is 19.1 Å². The van der Waals surface area contributed by atoms with Crippen molar-refractivity contribution in [3.63, 3.8) is 0 Å². The Bertz CT molecular complexity index is 579. The Morgan fingerprint density at radius 1 is 1.45 bits per heavy atom. The van der Waals surface area contributed by atoms with Gasteiger partial charge in [0.05, 0.1) is 18.9 Å². The number of furan rings is 1. The molecule has 0 aliphatic heterocycles. The van der Waals surface area contributed by atoms with Gasteiger partial charge in [-0.05, 0) is 31.2 Å². The molecule has 0 bridgehead atoms. The van der Waals surface area contributed by atoms with Crippen molar-refractivity contribution in [2.75, 3.05) is 12.8 Å². The minimum absolute atomic E-state index is 0.0462. The normalized spacial score (nSPS) is 11.9. The Morgan fingerprint density at radius 2 is 2.25 bits per heavy atom. The molecule has 0 aliphatic rings. The molecule has 5 heteroatoms. The second-order valence-electron chi connectivity index (χ2n) is 4.61. The summed E-state index contributed by atoms with van der Waals surface area (Å²) in [6, 6.07) is 8.66. The molecule has 1 atom stereocenters. The monoisotopic (exact) mass is 274 g/mol. The van der Waals surface area contributed by atoms with E-state index in [0.29, 0.717) is 23.4 Å². The fourth-order valence-corrected chi connectivity index (χ4v) is 1.96. The van der Waals surface area contributed by atoms with E-state index in [2.05, 4.69) is 5.32 Å². The van der Waals surface area contributed by atoms with Crippen LogP contribution in [-0.2, 0) is 6.42 Å². The summed E-state index contributed by atoms with van der Waals surface area (Å²) < 4.78 is 10.3. The van der Waals surface area contributed by atoms with Crippen molar-refractivity contribution < 1.29 is 13.9 Å². The van der Waals surface area contributed by atoms with Crippen molar-refractivity contribution >= 4 is 11.6 Å². The van der Waals surface area contributed by atoms with Crippen LogP contribution in [0.5, 0.6) is 5.75 Å². The number of carbonyl (C=O) groups is 1. The van der Waals surface area contributed by atoms with Crippen molar-refractivity contribution in [3.05, 3.63) is 47.9 Å². The highest BCUT2D eigenvalue weighted by atomic mass is 16.5. The molecule has 1 aromatic heterocycles. The summed E-state index contributed by atoms with van der Waals surface area (Å²) in [6.45, 7) is 1.92. The molecule has 0 spiro atoms. The van der Waals surface area contributed by atoms with Gasteiger partial charge in [0.2, 0.25) is 0 Å². The van der Waals surface area contributed by atoms with Crippen molar-refractivity contribution in [1.29, 1.82) is 0 Å². The summed E-state index contributed by atoms with van der Waals surface area (Å²) in [5.41, 5.74) is 6.69. The van der Waals surface area contributed by atoms with Gasteiger partial charge in [-0.25, -0.2) is 0 Å². The Kier molecular flexibility index (Phi) is 4.30. The number of ether oxygens (including phenoxy) is 1. The summed E-state index contributed by atoms with van der Waals surface area (Å²) in [7, 11) is 1.56. The van der Waals surface area contributed by atoms with E-state index in [4.69, 9.17) is 14.9 Å². The van der Waals surface area contributed by atoms with E-state index in [0.717, 1.165) is 5.76 Å². The summed E-state index contributed by atoms with van der Waals surface area (Å²) >= 11 is 0. The standard InChI is InChI=1S/C15H18N2O3/c1-10(8-12-4-3-7-20-12)17-15(18)13-6-5-11(19-2)9-14(13)16/h3-7,9-10H,8,16H2,1-2H3,(H,17,18). The van der Waals surface area contributed by atoms with E-state index >= 15 is 0 Å². The minimum atomic E-state index is -0.204. The van der Waals surface area contributed by atoms with Gasteiger partial charge in [0.1, 0.15) is 11.5 Å². The Labute approximate surface area is 117 Å². The topological polar surface area (TPSA) is 77.5 Å². The van der Waals surface area contributed by atoms with Crippen molar-refractivity contribution in [3.8, 4) is 5.75 Å². The number of nitrogens with two attached hydrogens (primary N) is 1. The van der Waals surface area contributed by atoms with Crippen LogP contribution in [0.4, 0.5) is 5.69 Å². The molecule has 3 N–H and O–H groups in total. The molecule has 1 unspecified atom stereocenters. The highest BCUT2D eigenvalue weighted by Gasteiger charge is 2.14. The van der Waals surface area contributed by atoms with Crippen LogP contribution in [0, 0.1) is 0 Å². The molecule has 20 heavy (non-hydrogen) atoms. The van der Waals surface area contributed by atoms with Crippen molar-refractivity contribution in [2.24, 2.45) is 0 Å². The lowest BCUT2D eigenvalue weighted by molar-refractivity contribution is 0.0940. The molecular weight excluding hydrogens is 256 g/mol. The fraction of sp³-hybridized carbons (Fsp3) is 0.267. The number of carbonyl (C=O) groups excluding carboxylic acids is 1. The van der Waals surface area contributed by atoms with Gasteiger partial charge in [0, 0.05) is 24.2 Å². The number of nitrogens with one attached hydrogen (secondary N) is 1. The number of anilines is 1. The first-order valence-corrected chi connectivity index (χ1v) is 6.37. The first-order chi connectivity index (χ1) is 9.60. The van der Waals surface area contributed by atoms with Gasteiger partial charge in [0.25, 0.3) is 5.91 Å². The number of rotatable bonds is 5. The molecule has 0 fully saturated rings. The second kappa shape index (κ2) is 6.14. The third kappa shape index (κ3) is 3.32. The van der Waals surface area contributed by atoms with Crippen LogP contribution in [0.15, 0.2) is 41.0 Å². The number of methoxy groups -OCH3 is 1. The van der Waals surface area contributed by atoms with E-state index in [1.165, 1.54) is 0 Å². The first kappa shape index (κ1) is 14.0. The largest absolute Gasteiger partial charge is 0.497 e. The van der Waals surface area contributed by atoms with E-state index in [1.807, 2.05) is 19.1 Å². The molecule has 1 aromatic carbocycles. The van der Waals surface area contributed by atoms with Crippen LogP contribution in [0.2, 0.25) is 0 Å². The second-order valence-corrected chi connectivity index (χ2v) is 4.61. The molecule has 0 aliphatic carbocycles. The molecule has 2 aromatic rings. The highest BCUT2D eigenvalue weighted by Crippen LogP contribution is 2.19. The lowest BCUT2D eigenvalue weighted by Crippen LogP contribution is -2.34. The van der Waals surface area contributed by atoms with Crippen molar-refractivity contribution in [1.82, 2.24) is 5.32 Å². The van der Waals surface area contributed by atoms with Crippen LogP contribution >= 0.6 is 0 Å². The summed E-state index contributed by atoms with van der Waals surface area (Å²) in [5, 5.41) is 2.89. The smallest absolute Gasteiger partial charge is 0.253 e. The Hall–Kier alpha value is -2.43. The van der Waals surface area contributed by atoms with Crippen LogP contribution < -0.4 is 15.8 Å². The molecule has 1 amide bonds. The van der Waals surface area contributed by atoms with E-state index in [9.17, 15) is 4.79 Å². The van der Waals surface area contributed by atoms with Crippen LogP contribution in [0.1, 0.15) is 23.0 Å². The minimum Gasteiger partial charge on any atom is -0.497 e. The molecule has 1 heterocycles. The first-order valence-electron chi connectivity index (χ1n) is 6.37. The van der Waals surface area contributed by atoms with Gasteiger partial charge in [-0.3, -0.25) is 4.79 Å².